The normalized spacial score (nSPS) is 23.7. The number of ether oxygens (including phenoxy) is 1. The van der Waals surface area contributed by atoms with Gasteiger partial charge >= 0.3 is 0 Å². The van der Waals surface area contributed by atoms with Crippen LogP contribution in [0.4, 0.5) is 4.39 Å². The summed E-state index contributed by atoms with van der Waals surface area (Å²) >= 11 is 0. The van der Waals surface area contributed by atoms with Gasteiger partial charge in [0.2, 0.25) is 17.7 Å². The maximum atomic E-state index is 13.9. The lowest BCUT2D eigenvalue weighted by molar-refractivity contribution is -0.132. The second-order valence-electron chi connectivity index (χ2n) is 10.1. The van der Waals surface area contributed by atoms with Crippen LogP contribution >= 0.6 is 0 Å². The molecule has 0 spiro atoms. The fourth-order valence-corrected chi connectivity index (χ4v) is 4.65. The summed E-state index contributed by atoms with van der Waals surface area (Å²) in [6.07, 6.45) is 3.20. The lowest BCUT2D eigenvalue weighted by Gasteiger charge is -2.27. The molecule has 4 atom stereocenters. The lowest BCUT2D eigenvalue weighted by atomic mass is 10.0. The van der Waals surface area contributed by atoms with Gasteiger partial charge in [0.05, 0.1) is 6.04 Å². The first-order chi connectivity index (χ1) is 18.8. The van der Waals surface area contributed by atoms with Crippen molar-refractivity contribution in [2.75, 3.05) is 13.2 Å². The summed E-state index contributed by atoms with van der Waals surface area (Å²) in [5.41, 5.74) is 1.68. The predicted molar refractivity (Wildman–Crippen MR) is 149 cm³/mol. The highest BCUT2D eigenvalue weighted by atomic mass is 19.1. The first-order valence-corrected chi connectivity index (χ1v) is 13.9. The van der Waals surface area contributed by atoms with E-state index in [2.05, 4.69) is 21.3 Å². The molecule has 0 aliphatic carbocycles. The maximum Gasteiger partial charge on any atom is 0.243 e. The molecule has 1 aliphatic heterocycles. The van der Waals surface area contributed by atoms with Crippen LogP contribution in [0.1, 0.15) is 57.6 Å². The van der Waals surface area contributed by atoms with E-state index >= 15 is 0 Å². The molecule has 8 nitrogen and oxygen atoms in total. The van der Waals surface area contributed by atoms with E-state index in [0.717, 1.165) is 17.7 Å². The molecule has 3 rings (SSSR count). The molecule has 9 heteroatoms. The molecule has 0 saturated heterocycles. The molecule has 0 saturated carbocycles. The van der Waals surface area contributed by atoms with Gasteiger partial charge < -0.3 is 20.7 Å². The number of nitrogens with one attached hydrogen (secondary N) is 4. The molecule has 1 heterocycles. The van der Waals surface area contributed by atoms with E-state index in [4.69, 9.17) is 4.74 Å². The van der Waals surface area contributed by atoms with Gasteiger partial charge in [-0.3, -0.25) is 19.7 Å². The Morgan fingerprint density at radius 1 is 0.923 bits per heavy atom. The van der Waals surface area contributed by atoms with Gasteiger partial charge in [0.25, 0.3) is 0 Å². The van der Waals surface area contributed by atoms with Gasteiger partial charge in [0.1, 0.15) is 30.3 Å². The molecule has 0 unspecified atom stereocenters. The fourth-order valence-electron chi connectivity index (χ4n) is 4.65. The molecule has 4 N–H and O–H groups in total. The zero-order valence-corrected chi connectivity index (χ0v) is 23.1. The Labute approximate surface area is 230 Å². The molecule has 2 aromatic rings. The van der Waals surface area contributed by atoms with Gasteiger partial charge in [-0.1, -0.05) is 50.6 Å². The van der Waals surface area contributed by atoms with Crippen LogP contribution in [0.15, 0.2) is 48.5 Å². The Hall–Kier alpha value is -3.46. The van der Waals surface area contributed by atoms with E-state index in [-0.39, 0.29) is 30.1 Å². The van der Waals surface area contributed by atoms with Crippen LogP contribution in [0, 0.1) is 5.82 Å². The van der Waals surface area contributed by atoms with E-state index in [1.807, 2.05) is 38.1 Å². The van der Waals surface area contributed by atoms with Crippen molar-refractivity contribution in [1.29, 1.82) is 0 Å². The summed E-state index contributed by atoms with van der Waals surface area (Å²) < 4.78 is 20.0. The Balaban J connectivity index is 1.87. The van der Waals surface area contributed by atoms with Crippen LogP contribution < -0.4 is 26.0 Å². The van der Waals surface area contributed by atoms with Crippen molar-refractivity contribution < 1.29 is 23.5 Å². The lowest BCUT2D eigenvalue weighted by Crippen LogP contribution is -2.57. The van der Waals surface area contributed by atoms with Gasteiger partial charge in [-0.2, -0.15) is 0 Å². The van der Waals surface area contributed by atoms with Gasteiger partial charge in [-0.05, 0) is 68.4 Å². The Kier molecular flexibility index (Phi) is 11.7. The fraction of sp³-hybridized carbons (Fsp3) is 0.500. The Morgan fingerprint density at radius 2 is 1.67 bits per heavy atom. The molecule has 0 fully saturated rings. The van der Waals surface area contributed by atoms with E-state index in [1.165, 1.54) is 12.1 Å². The average molecular weight is 541 g/mol. The topological polar surface area (TPSA) is 109 Å². The number of carbonyl (C=O) groups excluding carboxylic acids is 3. The molecule has 0 bridgehead atoms. The van der Waals surface area contributed by atoms with Crippen molar-refractivity contribution in [3.05, 3.63) is 65.5 Å². The predicted octanol–water partition coefficient (Wildman–Crippen LogP) is 3.04. The Morgan fingerprint density at radius 3 is 2.41 bits per heavy atom. The largest absolute Gasteiger partial charge is 0.492 e. The van der Waals surface area contributed by atoms with E-state index in [0.29, 0.717) is 44.4 Å². The molecule has 0 radical (unpaired) electrons. The molecule has 3 amide bonds. The average Bonchev–Trinajstić information content (AvgIpc) is 2.92. The minimum Gasteiger partial charge on any atom is -0.492 e. The standard InChI is InChI=1S/C30H41FN4O4/c1-4-10-25-28(36)32-16-9-13-22-12-6-7-15-27(22)39-19-20(3)33-26(18-21-11-8-14-23(31)17-21)30(38)34-24(5-2)29(37)35-25/h6-8,11-12,14-15,17,20,24-26,33H,4-5,9-10,13,16,18-19H2,1-3H3,(H,32,36)(H,34,38)(H,35,37)/t20-,24+,25-,26+/m0/s1. The Bertz CT molecular complexity index is 1110. The molecule has 39 heavy (non-hydrogen) atoms. The number of benzene rings is 2. The minimum absolute atomic E-state index is 0.219. The van der Waals surface area contributed by atoms with Crippen LogP contribution in [0.25, 0.3) is 0 Å². The van der Waals surface area contributed by atoms with Crippen molar-refractivity contribution in [3.8, 4) is 5.75 Å². The quantitative estimate of drug-likeness (QED) is 0.466. The molecule has 1 aliphatic rings. The summed E-state index contributed by atoms with van der Waals surface area (Å²) in [6, 6.07) is 11.4. The first kappa shape index (κ1) is 30.1. The number of rotatable bonds is 5. The van der Waals surface area contributed by atoms with E-state index in [9.17, 15) is 18.8 Å². The molecular weight excluding hydrogens is 499 g/mol. The summed E-state index contributed by atoms with van der Waals surface area (Å²) in [5, 5.41) is 11.9. The number of hydrogen-bond acceptors (Lipinski definition) is 5. The maximum absolute atomic E-state index is 13.9. The summed E-state index contributed by atoms with van der Waals surface area (Å²) in [5.74, 6) is -0.656. The zero-order valence-electron chi connectivity index (χ0n) is 23.1. The van der Waals surface area contributed by atoms with Gasteiger partial charge in [0, 0.05) is 12.6 Å². The van der Waals surface area contributed by atoms with Crippen molar-refractivity contribution >= 4 is 17.7 Å². The highest BCUT2D eigenvalue weighted by Gasteiger charge is 2.29. The number of aryl methyl sites for hydroxylation is 1. The number of amides is 3. The van der Waals surface area contributed by atoms with E-state index < -0.39 is 24.0 Å². The van der Waals surface area contributed by atoms with E-state index in [1.54, 1.807) is 19.1 Å². The van der Waals surface area contributed by atoms with Gasteiger partial charge in [-0.15, -0.1) is 0 Å². The van der Waals surface area contributed by atoms with Crippen molar-refractivity contribution in [2.45, 2.75) is 83.5 Å². The van der Waals surface area contributed by atoms with Crippen molar-refractivity contribution in [3.63, 3.8) is 0 Å². The number of halogens is 1. The van der Waals surface area contributed by atoms with Crippen LogP contribution in [0.2, 0.25) is 0 Å². The second-order valence-corrected chi connectivity index (χ2v) is 10.1. The van der Waals surface area contributed by atoms with Crippen LogP contribution in [0.5, 0.6) is 5.75 Å². The third-order valence-corrected chi connectivity index (χ3v) is 6.77. The highest BCUT2D eigenvalue weighted by molar-refractivity contribution is 5.93. The number of fused-ring (bicyclic) bond motifs is 1. The van der Waals surface area contributed by atoms with Crippen LogP contribution in [0.3, 0.4) is 0 Å². The number of para-hydroxylation sites is 1. The molecule has 2 aromatic carbocycles. The van der Waals surface area contributed by atoms with Crippen LogP contribution in [-0.4, -0.2) is 55.0 Å². The van der Waals surface area contributed by atoms with Gasteiger partial charge in [0.15, 0.2) is 0 Å². The first-order valence-electron chi connectivity index (χ1n) is 13.9. The van der Waals surface area contributed by atoms with Crippen LogP contribution in [-0.2, 0) is 27.2 Å². The molecular formula is C30H41FN4O4. The van der Waals surface area contributed by atoms with Crippen molar-refractivity contribution in [2.24, 2.45) is 0 Å². The number of carbonyl (C=O) groups is 3. The highest BCUT2D eigenvalue weighted by Crippen LogP contribution is 2.20. The summed E-state index contributed by atoms with van der Waals surface area (Å²) in [6.45, 7) is 6.44. The second kappa shape index (κ2) is 15.2. The van der Waals surface area contributed by atoms with Gasteiger partial charge in [-0.25, -0.2) is 4.39 Å². The SMILES string of the molecule is CCC[C@@H]1NC(=O)[C@@H](CC)NC(=O)[C@@H](Cc2cccc(F)c2)N[C@@H](C)COc2ccccc2CCCNC1=O. The molecule has 0 aromatic heterocycles. The minimum atomic E-state index is -0.821. The number of hydrogen-bond donors (Lipinski definition) is 4. The monoisotopic (exact) mass is 540 g/mol. The third kappa shape index (κ3) is 9.35. The zero-order chi connectivity index (χ0) is 28.2. The smallest absolute Gasteiger partial charge is 0.243 e. The summed E-state index contributed by atoms with van der Waals surface area (Å²) in [7, 11) is 0. The molecule has 212 valence electrons. The van der Waals surface area contributed by atoms with Crippen molar-refractivity contribution in [1.82, 2.24) is 21.3 Å². The third-order valence-electron chi connectivity index (χ3n) is 6.77. The summed E-state index contributed by atoms with van der Waals surface area (Å²) in [4.78, 5) is 39.5.